The summed E-state index contributed by atoms with van der Waals surface area (Å²) in [6, 6.07) is 7.98. The van der Waals surface area contributed by atoms with Crippen molar-refractivity contribution >= 4 is 22.9 Å². The van der Waals surface area contributed by atoms with Gasteiger partial charge in [0.05, 0.1) is 19.3 Å². The van der Waals surface area contributed by atoms with Crippen molar-refractivity contribution in [2.75, 3.05) is 31.2 Å². The molecule has 0 amide bonds. The molecule has 0 aliphatic carbocycles. The Labute approximate surface area is 119 Å². The van der Waals surface area contributed by atoms with Gasteiger partial charge in [-0.1, -0.05) is 24.4 Å². The number of nitrogens with two attached hydrogens (primary N) is 1. The second kappa shape index (κ2) is 6.84. The molecule has 0 atom stereocenters. The molecule has 0 saturated carbocycles. The van der Waals surface area contributed by atoms with Crippen LogP contribution in [-0.4, -0.2) is 42.5 Å². The third-order valence-electron chi connectivity index (χ3n) is 3.40. The molecule has 2 rings (SSSR count). The van der Waals surface area contributed by atoms with Crippen molar-refractivity contribution < 1.29 is 9.84 Å². The molecule has 1 aliphatic heterocycles. The third-order valence-corrected chi connectivity index (χ3v) is 3.62. The van der Waals surface area contributed by atoms with E-state index in [-0.39, 0.29) is 12.7 Å². The lowest BCUT2D eigenvalue weighted by molar-refractivity contribution is 0.0159. The zero-order valence-electron chi connectivity index (χ0n) is 10.9. The molecule has 5 heteroatoms. The van der Waals surface area contributed by atoms with Gasteiger partial charge in [-0.05, 0) is 25.0 Å². The molecule has 1 heterocycles. The Morgan fingerprint density at radius 2 is 2.05 bits per heavy atom. The minimum atomic E-state index is 0.0878. The molecule has 104 valence electrons. The highest BCUT2D eigenvalue weighted by Crippen LogP contribution is 2.25. The highest BCUT2D eigenvalue weighted by atomic mass is 32.1. The quantitative estimate of drug-likeness (QED) is 0.796. The number of thiocarbonyl (C=S) groups is 1. The van der Waals surface area contributed by atoms with E-state index in [1.807, 2.05) is 18.2 Å². The van der Waals surface area contributed by atoms with Crippen LogP contribution in [0.15, 0.2) is 24.3 Å². The molecule has 0 aromatic heterocycles. The number of hydrogen-bond acceptors (Lipinski definition) is 4. The van der Waals surface area contributed by atoms with Gasteiger partial charge < -0.3 is 20.5 Å². The Morgan fingerprint density at radius 1 is 1.37 bits per heavy atom. The summed E-state index contributed by atoms with van der Waals surface area (Å²) in [5.74, 6) is 0. The topological polar surface area (TPSA) is 58.7 Å². The molecule has 0 spiro atoms. The zero-order valence-corrected chi connectivity index (χ0v) is 11.7. The minimum Gasteiger partial charge on any atom is -0.394 e. The standard InChI is InChI=1S/C14H20N2O2S/c15-14(19)12-3-1-2-4-13(12)16-7-5-11(6-8-16)18-10-9-17/h1-4,11,17H,5-10H2,(H2,15,19). The maximum Gasteiger partial charge on any atom is 0.106 e. The van der Waals surface area contributed by atoms with Crippen LogP contribution in [0, 0.1) is 0 Å². The number of nitrogens with zero attached hydrogens (tertiary/aromatic N) is 1. The van der Waals surface area contributed by atoms with Gasteiger partial charge >= 0.3 is 0 Å². The fourth-order valence-corrected chi connectivity index (χ4v) is 2.61. The molecule has 19 heavy (non-hydrogen) atoms. The van der Waals surface area contributed by atoms with Crippen molar-refractivity contribution in [3.63, 3.8) is 0 Å². The monoisotopic (exact) mass is 280 g/mol. The largest absolute Gasteiger partial charge is 0.394 e. The van der Waals surface area contributed by atoms with Gasteiger partial charge in [0.2, 0.25) is 0 Å². The number of aliphatic hydroxyl groups is 1. The molecule has 3 N–H and O–H groups in total. The molecule has 1 aliphatic rings. The summed E-state index contributed by atoms with van der Waals surface area (Å²) in [5.41, 5.74) is 7.81. The molecule has 1 saturated heterocycles. The molecule has 0 bridgehead atoms. The van der Waals surface area contributed by atoms with Crippen LogP contribution in [0.25, 0.3) is 0 Å². The van der Waals surface area contributed by atoms with Gasteiger partial charge in [0, 0.05) is 24.3 Å². The molecule has 1 aromatic rings. The van der Waals surface area contributed by atoms with Crippen LogP contribution in [0.4, 0.5) is 5.69 Å². The van der Waals surface area contributed by atoms with E-state index in [1.165, 1.54) is 0 Å². The molecule has 1 aromatic carbocycles. The van der Waals surface area contributed by atoms with Gasteiger partial charge in [0.25, 0.3) is 0 Å². The normalized spacial score (nSPS) is 16.6. The smallest absolute Gasteiger partial charge is 0.106 e. The van der Waals surface area contributed by atoms with Crippen molar-refractivity contribution in [2.45, 2.75) is 18.9 Å². The maximum atomic E-state index is 8.76. The van der Waals surface area contributed by atoms with Crippen molar-refractivity contribution in [1.82, 2.24) is 0 Å². The predicted molar refractivity (Wildman–Crippen MR) is 80.6 cm³/mol. The fraction of sp³-hybridized carbons (Fsp3) is 0.500. The lowest BCUT2D eigenvalue weighted by Crippen LogP contribution is -2.38. The van der Waals surface area contributed by atoms with Crippen LogP contribution in [0.2, 0.25) is 0 Å². The Hall–Kier alpha value is -1.17. The van der Waals surface area contributed by atoms with E-state index in [4.69, 9.17) is 27.8 Å². The van der Waals surface area contributed by atoms with Crippen molar-refractivity contribution in [3.8, 4) is 0 Å². The summed E-state index contributed by atoms with van der Waals surface area (Å²) < 4.78 is 5.57. The van der Waals surface area contributed by atoms with Gasteiger partial charge in [-0.25, -0.2) is 0 Å². The van der Waals surface area contributed by atoms with Gasteiger partial charge in [0.15, 0.2) is 0 Å². The predicted octanol–water partition coefficient (Wildman–Crippen LogP) is 1.30. The summed E-state index contributed by atoms with van der Waals surface area (Å²) in [6.07, 6.45) is 2.18. The lowest BCUT2D eigenvalue weighted by atomic mass is 10.0. The van der Waals surface area contributed by atoms with E-state index in [0.717, 1.165) is 37.2 Å². The summed E-state index contributed by atoms with van der Waals surface area (Å²) in [4.78, 5) is 2.74. The van der Waals surface area contributed by atoms with Crippen LogP contribution < -0.4 is 10.6 Å². The molecule has 4 nitrogen and oxygen atoms in total. The van der Waals surface area contributed by atoms with E-state index < -0.39 is 0 Å². The number of para-hydroxylation sites is 1. The Kier molecular flexibility index (Phi) is 5.13. The van der Waals surface area contributed by atoms with Gasteiger partial charge in [-0.2, -0.15) is 0 Å². The number of piperidine rings is 1. The first-order valence-corrected chi connectivity index (χ1v) is 6.99. The van der Waals surface area contributed by atoms with E-state index in [2.05, 4.69) is 11.0 Å². The molecular formula is C14H20N2O2S. The van der Waals surface area contributed by atoms with E-state index in [0.29, 0.717) is 11.6 Å². The molecule has 1 fully saturated rings. The molecule has 0 unspecified atom stereocenters. The van der Waals surface area contributed by atoms with Crippen LogP contribution in [0.3, 0.4) is 0 Å². The Balaban J connectivity index is 2.00. The maximum absolute atomic E-state index is 8.76. The van der Waals surface area contributed by atoms with Crippen molar-refractivity contribution in [2.24, 2.45) is 5.73 Å². The SMILES string of the molecule is NC(=S)c1ccccc1N1CCC(OCCO)CC1. The van der Waals surface area contributed by atoms with Crippen molar-refractivity contribution in [3.05, 3.63) is 29.8 Å². The fourth-order valence-electron chi connectivity index (χ4n) is 2.44. The third kappa shape index (κ3) is 3.65. The van der Waals surface area contributed by atoms with Crippen LogP contribution in [0.1, 0.15) is 18.4 Å². The second-order valence-corrected chi connectivity index (χ2v) is 5.10. The molecular weight excluding hydrogens is 260 g/mol. The average molecular weight is 280 g/mol. The summed E-state index contributed by atoms with van der Waals surface area (Å²) in [5, 5.41) is 8.76. The van der Waals surface area contributed by atoms with E-state index >= 15 is 0 Å². The number of benzene rings is 1. The number of aliphatic hydroxyl groups excluding tert-OH is 1. The minimum absolute atomic E-state index is 0.0878. The highest BCUT2D eigenvalue weighted by molar-refractivity contribution is 7.80. The second-order valence-electron chi connectivity index (χ2n) is 4.66. The number of anilines is 1. The first-order valence-electron chi connectivity index (χ1n) is 6.58. The Bertz CT molecular complexity index is 431. The van der Waals surface area contributed by atoms with E-state index in [1.54, 1.807) is 0 Å². The van der Waals surface area contributed by atoms with Gasteiger partial charge in [-0.3, -0.25) is 0 Å². The summed E-state index contributed by atoms with van der Waals surface area (Å²) in [6.45, 7) is 2.37. The highest BCUT2D eigenvalue weighted by Gasteiger charge is 2.21. The van der Waals surface area contributed by atoms with Gasteiger partial charge in [0.1, 0.15) is 4.99 Å². The zero-order chi connectivity index (χ0) is 13.7. The number of ether oxygens (including phenoxy) is 1. The average Bonchev–Trinajstić information content (AvgIpc) is 2.45. The first-order chi connectivity index (χ1) is 9.22. The van der Waals surface area contributed by atoms with Crippen LogP contribution in [-0.2, 0) is 4.74 Å². The van der Waals surface area contributed by atoms with Gasteiger partial charge in [-0.15, -0.1) is 0 Å². The molecule has 0 radical (unpaired) electrons. The number of rotatable bonds is 5. The Morgan fingerprint density at radius 3 is 2.68 bits per heavy atom. The van der Waals surface area contributed by atoms with Crippen LogP contribution >= 0.6 is 12.2 Å². The van der Waals surface area contributed by atoms with Crippen molar-refractivity contribution in [1.29, 1.82) is 0 Å². The van der Waals surface area contributed by atoms with Crippen LogP contribution in [0.5, 0.6) is 0 Å². The first kappa shape index (κ1) is 14.2. The number of hydrogen-bond donors (Lipinski definition) is 2. The lowest BCUT2D eigenvalue weighted by Gasteiger charge is -2.34. The summed E-state index contributed by atoms with van der Waals surface area (Å²) >= 11 is 5.10. The summed E-state index contributed by atoms with van der Waals surface area (Å²) in [7, 11) is 0. The van der Waals surface area contributed by atoms with E-state index in [9.17, 15) is 0 Å².